The molecule has 0 radical (unpaired) electrons. The van der Waals surface area contributed by atoms with Crippen LogP contribution in [-0.4, -0.2) is 49.4 Å². The number of carbonyl (C=O) groups excluding carboxylic acids is 2. The van der Waals surface area contributed by atoms with Crippen molar-refractivity contribution >= 4 is 11.8 Å². The summed E-state index contributed by atoms with van der Waals surface area (Å²) >= 11 is 0. The molecule has 1 saturated heterocycles. The Morgan fingerprint density at radius 3 is 2.95 bits per heavy atom. The van der Waals surface area contributed by atoms with Gasteiger partial charge in [0.2, 0.25) is 0 Å². The van der Waals surface area contributed by atoms with E-state index in [-0.39, 0.29) is 11.8 Å². The Morgan fingerprint density at radius 2 is 2.32 bits per heavy atom. The predicted octanol–water partition coefficient (Wildman–Crippen LogP) is -0.692. The molecule has 5 nitrogen and oxygen atoms in total. The van der Waals surface area contributed by atoms with Gasteiger partial charge in [0, 0.05) is 12.2 Å². The number of likely N-dealkylation sites (N-methyl/N-ethyl adjacent to an activating group) is 1. The number of amides is 2. The molecule has 2 N–H and O–H groups in total. The molecule has 0 aromatic carbocycles. The highest BCUT2D eigenvalue weighted by Gasteiger charge is 2.26. The Hall–Kier alpha value is -1.36. The van der Waals surface area contributed by atoms with Crippen LogP contribution in [0.3, 0.4) is 0 Å². The van der Waals surface area contributed by atoms with Crippen molar-refractivity contribution in [2.45, 2.75) is 32.6 Å². The molecule has 19 heavy (non-hydrogen) atoms. The van der Waals surface area contributed by atoms with Crippen molar-refractivity contribution in [1.82, 2.24) is 10.2 Å². The first-order valence-electron chi connectivity index (χ1n) is 7.30. The number of carbonyl (C=O) groups is 2. The normalized spacial score (nSPS) is 23.5. The summed E-state index contributed by atoms with van der Waals surface area (Å²) in [6.45, 7) is 5.11. The Kier molecular flexibility index (Phi) is 4.96. The minimum Gasteiger partial charge on any atom is -0.346 e. The van der Waals surface area contributed by atoms with E-state index in [1.54, 1.807) is 0 Å². The van der Waals surface area contributed by atoms with Gasteiger partial charge in [-0.25, -0.2) is 0 Å². The monoisotopic (exact) mass is 266 g/mol. The largest absolute Gasteiger partial charge is 0.346 e. The summed E-state index contributed by atoms with van der Waals surface area (Å²) in [5, 5.41) is 2.80. The summed E-state index contributed by atoms with van der Waals surface area (Å²) in [4.78, 5) is 26.7. The molecule has 0 aromatic rings. The first-order chi connectivity index (χ1) is 9.20. The lowest BCUT2D eigenvalue weighted by Crippen LogP contribution is -3.16. The van der Waals surface area contributed by atoms with Crippen LogP contribution in [0.25, 0.3) is 0 Å². The molecule has 1 fully saturated rings. The second kappa shape index (κ2) is 6.70. The van der Waals surface area contributed by atoms with Crippen molar-refractivity contribution < 1.29 is 14.5 Å². The second-order valence-electron chi connectivity index (χ2n) is 5.28. The van der Waals surface area contributed by atoms with Crippen molar-refractivity contribution in [2.24, 2.45) is 0 Å². The van der Waals surface area contributed by atoms with E-state index in [0.29, 0.717) is 19.6 Å². The van der Waals surface area contributed by atoms with E-state index < -0.39 is 0 Å². The molecule has 106 valence electrons. The number of piperazine rings is 1. The van der Waals surface area contributed by atoms with Crippen LogP contribution >= 0.6 is 0 Å². The van der Waals surface area contributed by atoms with Crippen molar-refractivity contribution in [3.05, 3.63) is 11.8 Å². The summed E-state index contributed by atoms with van der Waals surface area (Å²) in [7, 11) is 0. The first-order valence-corrected chi connectivity index (χ1v) is 7.30. The SMILES string of the molecule is CCN(C(=O)C[NH+]1CCNC(=O)C1)C1=CCCCC1. The fraction of sp³-hybridized carbons (Fsp3) is 0.714. The topological polar surface area (TPSA) is 53.9 Å². The Balaban J connectivity index is 1.92. The van der Waals surface area contributed by atoms with Gasteiger partial charge in [-0.15, -0.1) is 0 Å². The number of quaternary nitrogens is 1. The fourth-order valence-electron chi connectivity index (χ4n) is 2.82. The summed E-state index contributed by atoms with van der Waals surface area (Å²) in [6, 6.07) is 0. The fourth-order valence-corrected chi connectivity index (χ4v) is 2.82. The van der Waals surface area contributed by atoms with Gasteiger partial charge in [0.1, 0.15) is 0 Å². The van der Waals surface area contributed by atoms with Gasteiger partial charge < -0.3 is 15.1 Å². The molecule has 2 aliphatic rings. The highest BCUT2D eigenvalue weighted by molar-refractivity contribution is 5.80. The molecule has 1 aliphatic carbocycles. The van der Waals surface area contributed by atoms with Crippen LogP contribution in [-0.2, 0) is 9.59 Å². The lowest BCUT2D eigenvalue weighted by atomic mass is 10.0. The smallest absolute Gasteiger partial charge is 0.281 e. The van der Waals surface area contributed by atoms with E-state index in [9.17, 15) is 9.59 Å². The zero-order valence-electron chi connectivity index (χ0n) is 11.7. The van der Waals surface area contributed by atoms with Gasteiger partial charge >= 0.3 is 0 Å². The number of hydrogen-bond donors (Lipinski definition) is 2. The third kappa shape index (κ3) is 3.80. The zero-order chi connectivity index (χ0) is 13.7. The lowest BCUT2D eigenvalue weighted by molar-refractivity contribution is -0.885. The van der Waals surface area contributed by atoms with E-state index in [0.717, 1.165) is 30.8 Å². The Labute approximate surface area is 114 Å². The summed E-state index contributed by atoms with van der Waals surface area (Å²) < 4.78 is 0. The minimum absolute atomic E-state index is 0.0500. The minimum atomic E-state index is 0.0500. The van der Waals surface area contributed by atoms with E-state index in [4.69, 9.17) is 0 Å². The van der Waals surface area contributed by atoms with Crippen LogP contribution in [0.15, 0.2) is 11.8 Å². The third-order valence-corrected chi connectivity index (χ3v) is 3.84. The maximum atomic E-state index is 12.4. The van der Waals surface area contributed by atoms with Crippen LogP contribution in [0.5, 0.6) is 0 Å². The molecule has 1 heterocycles. The van der Waals surface area contributed by atoms with Crippen LogP contribution in [0.2, 0.25) is 0 Å². The first kappa shape index (κ1) is 14.1. The summed E-state index contributed by atoms with van der Waals surface area (Å²) in [5.41, 5.74) is 1.18. The van der Waals surface area contributed by atoms with Gasteiger partial charge in [0.15, 0.2) is 13.1 Å². The number of nitrogens with zero attached hydrogens (tertiary/aromatic N) is 1. The van der Waals surface area contributed by atoms with E-state index >= 15 is 0 Å². The molecule has 2 rings (SSSR count). The number of allylic oxidation sites excluding steroid dienone is 2. The number of nitrogens with one attached hydrogen (secondary N) is 2. The molecule has 1 unspecified atom stereocenters. The van der Waals surface area contributed by atoms with Crippen molar-refractivity contribution in [3.63, 3.8) is 0 Å². The highest BCUT2D eigenvalue weighted by atomic mass is 16.2. The zero-order valence-corrected chi connectivity index (χ0v) is 11.7. The van der Waals surface area contributed by atoms with Gasteiger partial charge in [-0.05, 0) is 32.6 Å². The van der Waals surface area contributed by atoms with Gasteiger partial charge in [-0.2, -0.15) is 0 Å². The molecule has 5 heteroatoms. The third-order valence-electron chi connectivity index (χ3n) is 3.84. The Bertz CT molecular complexity index is 379. The molecular formula is C14H24N3O2+. The molecule has 0 aromatic heterocycles. The van der Waals surface area contributed by atoms with Crippen LogP contribution in [0, 0.1) is 0 Å². The van der Waals surface area contributed by atoms with Crippen molar-refractivity contribution in [1.29, 1.82) is 0 Å². The molecular weight excluding hydrogens is 242 g/mol. The second-order valence-corrected chi connectivity index (χ2v) is 5.28. The highest BCUT2D eigenvalue weighted by Crippen LogP contribution is 2.20. The van der Waals surface area contributed by atoms with Gasteiger partial charge in [-0.1, -0.05) is 6.08 Å². The standard InChI is InChI=1S/C14H23N3O2/c1-2-17(12-6-4-3-5-7-12)14(19)11-16-9-8-15-13(18)10-16/h6H,2-5,7-11H2,1H3,(H,15,18)/p+1. The van der Waals surface area contributed by atoms with Crippen LogP contribution < -0.4 is 10.2 Å². The van der Waals surface area contributed by atoms with Gasteiger partial charge in [0.25, 0.3) is 11.8 Å². The van der Waals surface area contributed by atoms with Crippen LogP contribution in [0.1, 0.15) is 32.6 Å². The number of rotatable bonds is 4. The van der Waals surface area contributed by atoms with E-state index in [1.807, 2.05) is 11.8 Å². The van der Waals surface area contributed by atoms with Crippen LogP contribution in [0.4, 0.5) is 0 Å². The van der Waals surface area contributed by atoms with Gasteiger partial charge in [-0.3, -0.25) is 9.59 Å². The summed E-state index contributed by atoms with van der Waals surface area (Å²) in [5.74, 6) is 0.203. The quantitative estimate of drug-likeness (QED) is 0.707. The molecule has 1 atom stereocenters. The molecule has 0 bridgehead atoms. The molecule has 0 spiro atoms. The van der Waals surface area contributed by atoms with Crippen molar-refractivity contribution in [3.8, 4) is 0 Å². The maximum absolute atomic E-state index is 12.4. The average molecular weight is 266 g/mol. The number of hydrogen-bond acceptors (Lipinski definition) is 2. The lowest BCUT2D eigenvalue weighted by Gasteiger charge is -2.29. The van der Waals surface area contributed by atoms with Gasteiger partial charge in [0.05, 0.1) is 13.1 Å². The average Bonchev–Trinajstić information content (AvgIpc) is 2.41. The maximum Gasteiger partial charge on any atom is 0.281 e. The van der Waals surface area contributed by atoms with E-state index in [2.05, 4.69) is 11.4 Å². The predicted molar refractivity (Wildman–Crippen MR) is 72.5 cm³/mol. The van der Waals surface area contributed by atoms with E-state index in [1.165, 1.54) is 18.5 Å². The summed E-state index contributed by atoms with van der Waals surface area (Å²) in [6.07, 6.45) is 6.69. The Morgan fingerprint density at radius 1 is 1.47 bits per heavy atom. The van der Waals surface area contributed by atoms with Crippen molar-refractivity contribution in [2.75, 3.05) is 32.7 Å². The molecule has 2 amide bonds. The molecule has 0 saturated carbocycles. The molecule has 1 aliphatic heterocycles.